The van der Waals surface area contributed by atoms with Crippen LogP contribution in [0.15, 0.2) is 76.0 Å². The Morgan fingerprint density at radius 3 is 2.84 bits per heavy atom. The highest BCUT2D eigenvalue weighted by Gasteiger charge is 2.51. The van der Waals surface area contributed by atoms with Crippen molar-refractivity contribution in [3.05, 3.63) is 88.1 Å². The van der Waals surface area contributed by atoms with E-state index in [0.29, 0.717) is 42.2 Å². The molecule has 37 heavy (non-hydrogen) atoms. The Morgan fingerprint density at radius 2 is 2.14 bits per heavy atom. The molecule has 1 N–H and O–H groups in total. The molecule has 6 rings (SSSR count). The number of allylic oxidation sites excluding steroid dienone is 1. The predicted octanol–water partition coefficient (Wildman–Crippen LogP) is 4.94. The van der Waals surface area contributed by atoms with E-state index >= 15 is 0 Å². The summed E-state index contributed by atoms with van der Waals surface area (Å²) in [5.74, 6) is 0.0322. The second-order valence-corrected chi connectivity index (χ2v) is 10.2. The van der Waals surface area contributed by atoms with Gasteiger partial charge in [0.2, 0.25) is 0 Å². The van der Waals surface area contributed by atoms with Gasteiger partial charge in [0, 0.05) is 23.9 Å². The zero-order valence-corrected chi connectivity index (χ0v) is 20.8. The molecule has 2 saturated heterocycles. The second kappa shape index (κ2) is 9.06. The van der Waals surface area contributed by atoms with Crippen LogP contribution in [0.5, 0.6) is 0 Å². The molecule has 1 aromatic carbocycles. The number of pyridine rings is 1. The Labute approximate surface area is 217 Å². The van der Waals surface area contributed by atoms with Gasteiger partial charge in [-0.25, -0.2) is 13.6 Å². The summed E-state index contributed by atoms with van der Waals surface area (Å²) >= 11 is 6.00. The summed E-state index contributed by atoms with van der Waals surface area (Å²) in [7, 11) is 0. The summed E-state index contributed by atoms with van der Waals surface area (Å²) in [5.41, 5.74) is 2.73. The number of carbonyl (C=O) groups is 1. The number of amidine groups is 1. The Kier molecular flexibility index (Phi) is 5.82. The van der Waals surface area contributed by atoms with Crippen molar-refractivity contribution in [3.8, 4) is 0 Å². The lowest BCUT2D eigenvalue weighted by atomic mass is 9.88. The van der Waals surface area contributed by atoms with Crippen LogP contribution in [0.3, 0.4) is 0 Å². The van der Waals surface area contributed by atoms with Crippen molar-refractivity contribution in [1.29, 1.82) is 0 Å². The molecule has 2 unspecified atom stereocenters. The van der Waals surface area contributed by atoms with Gasteiger partial charge in [0.05, 0.1) is 23.3 Å². The average Bonchev–Trinajstić information content (AvgIpc) is 3.46. The number of carbonyl (C=O) groups excluding carboxylic acids is 1. The number of benzene rings is 1. The molecule has 1 spiro atoms. The van der Waals surface area contributed by atoms with Gasteiger partial charge in [-0.1, -0.05) is 29.8 Å². The van der Waals surface area contributed by atoms with E-state index in [1.54, 1.807) is 12.3 Å². The molecular weight excluding hydrogens is 500 g/mol. The molecule has 0 aliphatic carbocycles. The van der Waals surface area contributed by atoms with E-state index in [2.05, 4.69) is 10.3 Å². The van der Waals surface area contributed by atoms with E-state index in [-0.39, 0.29) is 11.6 Å². The lowest BCUT2D eigenvalue weighted by Crippen LogP contribution is -2.47. The molecular formula is C27H24ClF2N5O2. The van der Waals surface area contributed by atoms with E-state index in [1.807, 2.05) is 35.3 Å². The highest BCUT2D eigenvalue weighted by Crippen LogP contribution is 2.45. The minimum Gasteiger partial charge on any atom is -0.447 e. The third kappa shape index (κ3) is 4.21. The predicted molar refractivity (Wildman–Crippen MR) is 136 cm³/mol. The number of fused-ring (bicyclic) bond motifs is 1. The van der Waals surface area contributed by atoms with Crippen molar-refractivity contribution in [2.75, 3.05) is 13.2 Å². The van der Waals surface area contributed by atoms with Crippen LogP contribution in [0.4, 0.5) is 13.6 Å². The van der Waals surface area contributed by atoms with Gasteiger partial charge in [-0.15, -0.1) is 0 Å². The Balaban J connectivity index is 1.57. The quantitative estimate of drug-likeness (QED) is 0.615. The molecule has 4 atom stereocenters. The number of alkyl carbamates (subject to hydrolysis) is 1. The number of nitrogens with one attached hydrogen (secondary N) is 1. The summed E-state index contributed by atoms with van der Waals surface area (Å²) in [6.45, 7) is 2.10. The molecule has 4 aliphatic heterocycles. The number of hydrogen-bond donors (Lipinski definition) is 1. The fraction of sp³-hybridized carbons (Fsp3) is 0.333. The molecule has 0 bridgehead atoms. The molecule has 4 aliphatic rings. The molecule has 2 aromatic rings. The summed E-state index contributed by atoms with van der Waals surface area (Å²) in [5, 5.41) is 2.98. The zero-order valence-electron chi connectivity index (χ0n) is 20.0. The number of hydrogen-bond acceptors (Lipinski definition) is 6. The number of nitrogens with zero attached hydrogens (tertiary/aromatic N) is 4. The highest BCUT2D eigenvalue weighted by atomic mass is 35.5. The Hall–Kier alpha value is -3.59. The molecule has 1 amide bonds. The maximum atomic E-state index is 14.7. The van der Waals surface area contributed by atoms with Crippen molar-refractivity contribution in [3.63, 3.8) is 0 Å². The van der Waals surface area contributed by atoms with Gasteiger partial charge in [-0.3, -0.25) is 15.0 Å². The minimum atomic E-state index is -1.14. The van der Waals surface area contributed by atoms with Crippen LogP contribution in [-0.4, -0.2) is 58.4 Å². The second-order valence-electron chi connectivity index (χ2n) is 9.75. The molecule has 0 radical (unpaired) electrons. The number of alkyl halides is 1. The van der Waals surface area contributed by atoms with E-state index < -0.39 is 35.7 Å². The van der Waals surface area contributed by atoms with Crippen LogP contribution in [0.25, 0.3) is 0 Å². The van der Waals surface area contributed by atoms with Crippen LogP contribution in [0.2, 0.25) is 5.02 Å². The molecule has 7 nitrogen and oxygen atoms in total. The smallest absolute Gasteiger partial charge is 0.407 e. The van der Waals surface area contributed by atoms with Gasteiger partial charge >= 0.3 is 6.09 Å². The summed E-state index contributed by atoms with van der Waals surface area (Å²) < 4.78 is 34.3. The van der Waals surface area contributed by atoms with Gasteiger partial charge in [-0.05, 0) is 49.2 Å². The SMILES string of the molecule is CC(F)C1CC=CC(C2=C3C[C@@]4(COC(=O)N4)CN3C(c3ccccn3)=N[C@@H]2c2ccc(Cl)c(F)c2)=N1. The van der Waals surface area contributed by atoms with Crippen molar-refractivity contribution in [1.82, 2.24) is 15.2 Å². The van der Waals surface area contributed by atoms with Gasteiger partial charge in [0.1, 0.15) is 35.9 Å². The van der Waals surface area contributed by atoms with Gasteiger partial charge in [0.25, 0.3) is 0 Å². The first-order chi connectivity index (χ1) is 17.8. The highest BCUT2D eigenvalue weighted by molar-refractivity contribution is 6.30. The molecule has 1 aromatic heterocycles. The third-order valence-electron chi connectivity index (χ3n) is 7.15. The number of dihydropyridines is 1. The lowest BCUT2D eigenvalue weighted by Gasteiger charge is -2.34. The van der Waals surface area contributed by atoms with Crippen LogP contribution in [0, 0.1) is 5.82 Å². The first kappa shape index (κ1) is 23.8. The van der Waals surface area contributed by atoms with E-state index in [1.165, 1.54) is 19.1 Å². The number of halogens is 3. The molecule has 190 valence electrons. The topological polar surface area (TPSA) is 79.2 Å². The molecule has 10 heteroatoms. The Morgan fingerprint density at radius 1 is 1.27 bits per heavy atom. The van der Waals surface area contributed by atoms with Gasteiger partial charge < -0.3 is 15.0 Å². The fourth-order valence-electron chi connectivity index (χ4n) is 5.35. The van der Waals surface area contributed by atoms with Crippen LogP contribution in [0.1, 0.15) is 37.1 Å². The van der Waals surface area contributed by atoms with E-state index in [9.17, 15) is 13.6 Å². The zero-order chi connectivity index (χ0) is 25.7. The lowest BCUT2D eigenvalue weighted by molar-refractivity contribution is 0.173. The van der Waals surface area contributed by atoms with Crippen molar-refractivity contribution < 1.29 is 18.3 Å². The van der Waals surface area contributed by atoms with E-state index in [0.717, 1.165) is 11.3 Å². The Bertz CT molecular complexity index is 1390. The van der Waals surface area contributed by atoms with Crippen molar-refractivity contribution >= 4 is 29.2 Å². The standard InChI is InChI=1S/C27H24ClF2N5O2/c1-15(29)19-6-4-7-20(32-19)23-22-12-27(14-37-26(36)34-27)13-35(22)25(21-5-2-3-10-31-21)33-24(23)16-8-9-17(28)18(30)11-16/h2-5,7-11,15,19,24H,6,12-14H2,1H3,(H,34,36)/t15?,19?,24-,27+/m1/s1. The largest absolute Gasteiger partial charge is 0.447 e. The van der Waals surface area contributed by atoms with Crippen LogP contribution < -0.4 is 5.32 Å². The number of ether oxygens (including phenoxy) is 1. The first-order valence-electron chi connectivity index (χ1n) is 12.1. The normalized spacial score (nSPS) is 27.6. The summed E-state index contributed by atoms with van der Waals surface area (Å²) in [4.78, 5) is 28.5. The maximum absolute atomic E-state index is 14.7. The van der Waals surface area contributed by atoms with Crippen LogP contribution in [-0.2, 0) is 4.74 Å². The van der Waals surface area contributed by atoms with Gasteiger partial charge in [-0.2, -0.15) is 0 Å². The summed E-state index contributed by atoms with van der Waals surface area (Å²) in [6.07, 6.45) is 4.77. The monoisotopic (exact) mass is 523 g/mol. The fourth-order valence-corrected chi connectivity index (χ4v) is 5.47. The molecule has 0 saturated carbocycles. The first-order valence-corrected chi connectivity index (χ1v) is 12.5. The average molecular weight is 524 g/mol. The number of rotatable bonds is 4. The van der Waals surface area contributed by atoms with Crippen molar-refractivity contribution in [2.45, 2.75) is 43.6 Å². The third-order valence-corrected chi connectivity index (χ3v) is 7.45. The summed E-state index contributed by atoms with van der Waals surface area (Å²) in [6, 6.07) is 8.97. The van der Waals surface area contributed by atoms with E-state index in [4.69, 9.17) is 26.3 Å². The minimum absolute atomic E-state index is 0.0103. The number of aliphatic imine (C=N–C) groups is 2. The van der Waals surface area contributed by atoms with Crippen LogP contribution >= 0.6 is 11.6 Å². The number of aromatic nitrogens is 1. The number of cyclic esters (lactones) is 1. The molecule has 5 heterocycles. The van der Waals surface area contributed by atoms with Gasteiger partial charge in [0.15, 0.2) is 5.84 Å². The maximum Gasteiger partial charge on any atom is 0.407 e. The molecule has 2 fully saturated rings. The number of amides is 1. The van der Waals surface area contributed by atoms with Crippen molar-refractivity contribution in [2.24, 2.45) is 9.98 Å².